The monoisotopic (exact) mass is 287 g/mol. The van der Waals surface area contributed by atoms with E-state index in [4.69, 9.17) is 14.7 Å². The first-order chi connectivity index (χ1) is 10.1. The second-order valence-electron chi connectivity index (χ2n) is 4.32. The molecule has 21 heavy (non-hydrogen) atoms. The van der Waals surface area contributed by atoms with E-state index in [1.807, 2.05) is 13.0 Å². The average molecular weight is 287 g/mol. The lowest BCUT2D eigenvalue weighted by atomic mass is 10.1. The molecule has 1 rings (SSSR count). The average Bonchev–Trinajstić information content (AvgIpc) is 2.46. The van der Waals surface area contributed by atoms with Crippen LogP contribution in [0.25, 0.3) is 6.08 Å². The van der Waals surface area contributed by atoms with Gasteiger partial charge in [0.05, 0.1) is 6.61 Å². The minimum atomic E-state index is -0.630. The first-order valence-electron chi connectivity index (χ1n) is 6.64. The Hall–Kier alpha value is -2.61. The maximum Gasteiger partial charge on any atom is 0.348 e. The number of carbonyl (C=O) groups is 2. The standard InChI is InChI=1S/C16H17NO4/c1-3-4-9-20-16(19)14(11-17)10-13-5-7-15(8-6-13)21-12(2)18/h5-8,10H,3-4,9H2,1-2H3/b14-10-. The summed E-state index contributed by atoms with van der Waals surface area (Å²) in [5.74, 6) is -0.630. The van der Waals surface area contributed by atoms with Gasteiger partial charge >= 0.3 is 11.9 Å². The Morgan fingerprint density at radius 2 is 1.95 bits per heavy atom. The van der Waals surface area contributed by atoms with Crippen LogP contribution in [0, 0.1) is 11.3 Å². The van der Waals surface area contributed by atoms with Crippen molar-refractivity contribution in [3.63, 3.8) is 0 Å². The molecule has 5 nitrogen and oxygen atoms in total. The van der Waals surface area contributed by atoms with Gasteiger partial charge in [0.1, 0.15) is 17.4 Å². The SMILES string of the molecule is CCCCOC(=O)/C(C#N)=C\c1ccc(OC(C)=O)cc1. The highest BCUT2D eigenvalue weighted by atomic mass is 16.5. The fourth-order valence-corrected chi connectivity index (χ4v) is 1.49. The Balaban J connectivity index is 2.76. The Labute approximate surface area is 123 Å². The normalized spacial score (nSPS) is 10.6. The van der Waals surface area contributed by atoms with Crippen LogP contribution in [0.15, 0.2) is 29.8 Å². The fourth-order valence-electron chi connectivity index (χ4n) is 1.49. The lowest BCUT2D eigenvalue weighted by Crippen LogP contribution is -2.07. The quantitative estimate of drug-likeness (QED) is 0.264. The number of ether oxygens (including phenoxy) is 2. The maximum absolute atomic E-state index is 11.7. The zero-order valence-electron chi connectivity index (χ0n) is 12.1. The highest BCUT2D eigenvalue weighted by molar-refractivity contribution is 5.97. The maximum atomic E-state index is 11.7. The molecule has 0 heterocycles. The topological polar surface area (TPSA) is 76.4 Å². The summed E-state index contributed by atoms with van der Waals surface area (Å²) in [6.45, 7) is 3.60. The van der Waals surface area contributed by atoms with Crippen molar-refractivity contribution in [2.45, 2.75) is 26.7 Å². The van der Waals surface area contributed by atoms with E-state index >= 15 is 0 Å². The molecule has 0 aliphatic heterocycles. The van der Waals surface area contributed by atoms with Crippen LogP contribution in [-0.2, 0) is 14.3 Å². The third-order valence-electron chi connectivity index (χ3n) is 2.52. The molecule has 0 bridgehead atoms. The summed E-state index contributed by atoms with van der Waals surface area (Å²) in [6, 6.07) is 8.30. The van der Waals surface area contributed by atoms with Gasteiger partial charge in [0.15, 0.2) is 0 Å². The zero-order valence-corrected chi connectivity index (χ0v) is 12.1. The van der Waals surface area contributed by atoms with Gasteiger partial charge in [0.2, 0.25) is 0 Å². The Kier molecular flexibility index (Phi) is 6.69. The number of hydrogen-bond acceptors (Lipinski definition) is 5. The van der Waals surface area contributed by atoms with Crippen molar-refractivity contribution in [2.24, 2.45) is 0 Å². The molecule has 0 unspecified atom stereocenters. The molecule has 110 valence electrons. The van der Waals surface area contributed by atoms with Crippen molar-refractivity contribution >= 4 is 18.0 Å². The van der Waals surface area contributed by atoms with Crippen LogP contribution in [0.5, 0.6) is 5.75 Å². The molecule has 0 aliphatic carbocycles. The van der Waals surface area contributed by atoms with E-state index in [0.29, 0.717) is 17.9 Å². The first-order valence-corrected chi connectivity index (χ1v) is 6.64. The predicted octanol–water partition coefficient (Wildman–Crippen LogP) is 2.86. The highest BCUT2D eigenvalue weighted by Crippen LogP contribution is 2.15. The van der Waals surface area contributed by atoms with Crippen molar-refractivity contribution in [3.05, 3.63) is 35.4 Å². The molecule has 0 atom stereocenters. The summed E-state index contributed by atoms with van der Waals surface area (Å²) in [5, 5.41) is 9.00. The van der Waals surface area contributed by atoms with Crippen LogP contribution >= 0.6 is 0 Å². The predicted molar refractivity (Wildman–Crippen MR) is 77.2 cm³/mol. The highest BCUT2D eigenvalue weighted by Gasteiger charge is 2.10. The van der Waals surface area contributed by atoms with Gasteiger partial charge in [-0.3, -0.25) is 4.79 Å². The molecular weight excluding hydrogens is 270 g/mol. The number of unbranched alkanes of at least 4 members (excludes halogenated alkanes) is 1. The van der Waals surface area contributed by atoms with Crippen molar-refractivity contribution < 1.29 is 19.1 Å². The lowest BCUT2D eigenvalue weighted by molar-refractivity contribution is -0.138. The molecule has 0 N–H and O–H groups in total. The fraction of sp³-hybridized carbons (Fsp3) is 0.312. The Morgan fingerprint density at radius 3 is 2.48 bits per heavy atom. The third kappa shape index (κ3) is 5.91. The van der Waals surface area contributed by atoms with Gasteiger partial charge in [-0.1, -0.05) is 25.5 Å². The van der Waals surface area contributed by atoms with Gasteiger partial charge in [0, 0.05) is 6.92 Å². The number of nitriles is 1. The van der Waals surface area contributed by atoms with Crippen LogP contribution in [0.1, 0.15) is 32.3 Å². The summed E-state index contributed by atoms with van der Waals surface area (Å²) >= 11 is 0. The first kappa shape index (κ1) is 16.4. The van der Waals surface area contributed by atoms with E-state index < -0.39 is 11.9 Å². The van der Waals surface area contributed by atoms with Gasteiger partial charge in [-0.2, -0.15) is 5.26 Å². The molecular formula is C16H17NO4. The van der Waals surface area contributed by atoms with Crippen molar-refractivity contribution in [1.82, 2.24) is 0 Å². The summed E-state index contributed by atoms with van der Waals surface area (Å²) in [7, 11) is 0. The Bertz CT molecular complexity index is 567. The summed E-state index contributed by atoms with van der Waals surface area (Å²) in [6.07, 6.45) is 3.11. The number of esters is 2. The number of hydrogen-bond donors (Lipinski definition) is 0. The molecule has 0 radical (unpaired) electrons. The van der Waals surface area contributed by atoms with Crippen molar-refractivity contribution in [3.8, 4) is 11.8 Å². The van der Waals surface area contributed by atoms with Crippen LogP contribution < -0.4 is 4.74 Å². The molecule has 0 spiro atoms. The van der Waals surface area contributed by atoms with E-state index in [1.54, 1.807) is 24.3 Å². The third-order valence-corrected chi connectivity index (χ3v) is 2.52. The van der Waals surface area contributed by atoms with Gasteiger partial charge in [-0.05, 0) is 30.2 Å². The smallest absolute Gasteiger partial charge is 0.348 e. The molecule has 0 saturated heterocycles. The number of nitrogens with zero attached hydrogens (tertiary/aromatic N) is 1. The largest absolute Gasteiger partial charge is 0.462 e. The molecule has 5 heteroatoms. The van der Waals surface area contributed by atoms with Gasteiger partial charge in [-0.15, -0.1) is 0 Å². The van der Waals surface area contributed by atoms with Crippen molar-refractivity contribution in [2.75, 3.05) is 6.61 Å². The van der Waals surface area contributed by atoms with E-state index in [-0.39, 0.29) is 5.57 Å². The second-order valence-corrected chi connectivity index (χ2v) is 4.32. The summed E-state index contributed by atoms with van der Waals surface area (Å²) in [4.78, 5) is 22.5. The second kappa shape index (κ2) is 8.54. The molecule has 0 aliphatic rings. The summed E-state index contributed by atoms with van der Waals surface area (Å²) in [5.41, 5.74) is 0.584. The van der Waals surface area contributed by atoms with Crippen molar-refractivity contribution in [1.29, 1.82) is 5.26 Å². The molecule has 0 saturated carbocycles. The molecule has 0 fully saturated rings. The minimum Gasteiger partial charge on any atom is -0.462 e. The molecule has 1 aromatic rings. The van der Waals surface area contributed by atoms with Gasteiger partial charge in [-0.25, -0.2) is 4.79 Å². The number of benzene rings is 1. The van der Waals surface area contributed by atoms with Gasteiger partial charge in [0.25, 0.3) is 0 Å². The van der Waals surface area contributed by atoms with E-state index in [1.165, 1.54) is 13.0 Å². The summed E-state index contributed by atoms with van der Waals surface area (Å²) < 4.78 is 9.88. The van der Waals surface area contributed by atoms with Crippen LogP contribution in [-0.4, -0.2) is 18.5 Å². The van der Waals surface area contributed by atoms with Crippen LogP contribution in [0.4, 0.5) is 0 Å². The minimum absolute atomic E-state index is 0.0636. The molecule has 1 aromatic carbocycles. The van der Waals surface area contributed by atoms with Crippen LogP contribution in [0.3, 0.4) is 0 Å². The number of carbonyl (C=O) groups excluding carboxylic acids is 2. The molecule has 0 amide bonds. The molecule has 0 aromatic heterocycles. The Morgan fingerprint density at radius 1 is 1.29 bits per heavy atom. The van der Waals surface area contributed by atoms with Gasteiger partial charge < -0.3 is 9.47 Å². The van der Waals surface area contributed by atoms with E-state index in [9.17, 15) is 9.59 Å². The number of rotatable bonds is 6. The zero-order chi connectivity index (χ0) is 15.7. The van der Waals surface area contributed by atoms with E-state index in [0.717, 1.165) is 12.8 Å². The van der Waals surface area contributed by atoms with E-state index in [2.05, 4.69) is 0 Å². The van der Waals surface area contributed by atoms with Crippen LogP contribution in [0.2, 0.25) is 0 Å². The lowest BCUT2D eigenvalue weighted by Gasteiger charge is -2.03.